The Labute approximate surface area is 128 Å². The molecule has 0 aliphatic carbocycles. The van der Waals surface area contributed by atoms with Crippen molar-refractivity contribution in [3.63, 3.8) is 0 Å². The fourth-order valence-electron chi connectivity index (χ4n) is 2.52. The van der Waals surface area contributed by atoms with Crippen molar-refractivity contribution in [2.75, 3.05) is 20.8 Å². The molecule has 0 amide bonds. The number of nitrogens with zero attached hydrogens (tertiary/aromatic N) is 1. The summed E-state index contributed by atoms with van der Waals surface area (Å²) in [7, 11) is 3.08. The first-order valence-electron chi connectivity index (χ1n) is 7.12. The van der Waals surface area contributed by atoms with Crippen LogP contribution < -0.4 is 11.2 Å². The van der Waals surface area contributed by atoms with Gasteiger partial charge in [-0.15, -0.1) is 0 Å². The van der Waals surface area contributed by atoms with Gasteiger partial charge in [0, 0.05) is 26.5 Å². The lowest BCUT2D eigenvalue weighted by atomic mass is 10.1. The monoisotopic (exact) mass is 314 g/mol. The molecule has 1 aromatic rings. The first-order chi connectivity index (χ1) is 10.5. The maximum Gasteiger partial charge on any atom is 0.330 e. The van der Waals surface area contributed by atoms with Gasteiger partial charge in [0.1, 0.15) is 18.3 Å². The van der Waals surface area contributed by atoms with E-state index in [2.05, 4.69) is 4.98 Å². The summed E-state index contributed by atoms with van der Waals surface area (Å²) in [4.78, 5) is 25.3. The maximum atomic E-state index is 12.0. The van der Waals surface area contributed by atoms with Crippen molar-refractivity contribution in [2.45, 2.75) is 44.5 Å². The molecule has 22 heavy (non-hydrogen) atoms. The Balaban J connectivity index is 2.27. The number of aromatic amines is 1. The van der Waals surface area contributed by atoms with E-state index in [4.69, 9.17) is 18.9 Å². The molecule has 2 heterocycles. The molecule has 0 spiro atoms. The molecule has 8 nitrogen and oxygen atoms in total. The maximum absolute atomic E-state index is 12.0. The molecule has 1 saturated heterocycles. The van der Waals surface area contributed by atoms with Gasteiger partial charge in [0.25, 0.3) is 5.56 Å². The van der Waals surface area contributed by atoms with Crippen LogP contribution in [0.15, 0.2) is 21.9 Å². The predicted molar refractivity (Wildman–Crippen MR) is 77.9 cm³/mol. The van der Waals surface area contributed by atoms with Crippen LogP contribution in [0.2, 0.25) is 0 Å². The highest BCUT2D eigenvalue weighted by Crippen LogP contribution is 2.32. The molecule has 1 aromatic heterocycles. The van der Waals surface area contributed by atoms with Crippen LogP contribution in [0, 0.1) is 0 Å². The van der Waals surface area contributed by atoms with Crippen molar-refractivity contribution >= 4 is 0 Å². The summed E-state index contributed by atoms with van der Waals surface area (Å²) in [5.74, 6) is 0. The minimum Gasteiger partial charge on any atom is -0.376 e. The van der Waals surface area contributed by atoms with E-state index in [0.29, 0.717) is 6.61 Å². The Hall–Kier alpha value is -1.48. The van der Waals surface area contributed by atoms with Gasteiger partial charge >= 0.3 is 5.69 Å². The highest BCUT2D eigenvalue weighted by atomic mass is 16.6. The molecule has 0 radical (unpaired) electrons. The Morgan fingerprint density at radius 1 is 1.27 bits per heavy atom. The van der Waals surface area contributed by atoms with Gasteiger partial charge in [-0.1, -0.05) is 0 Å². The fourth-order valence-corrected chi connectivity index (χ4v) is 2.52. The van der Waals surface area contributed by atoms with Crippen molar-refractivity contribution in [3.05, 3.63) is 33.1 Å². The van der Waals surface area contributed by atoms with Gasteiger partial charge in [-0.3, -0.25) is 14.3 Å². The minimum absolute atomic E-state index is 0.0527. The Kier molecular flexibility index (Phi) is 5.52. The van der Waals surface area contributed by atoms with E-state index in [0.717, 1.165) is 0 Å². The van der Waals surface area contributed by atoms with E-state index in [1.54, 1.807) is 7.11 Å². The number of hydrogen-bond donors (Lipinski definition) is 1. The Bertz CT molecular complexity index is 595. The Morgan fingerprint density at radius 2 is 1.95 bits per heavy atom. The topological polar surface area (TPSA) is 91.8 Å². The van der Waals surface area contributed by atoms with Gasteiger partial charge in [0.05, 0.1) is 12.7 Å². The summed E-state index contributed by atoms with van der Waals surface area (Å²) in [5, 5.41) is 0. The molecule has 2 rings (SSSR count). The largest absolute Gasteiger partial charge is 0.376 e. The molecule has 0 saturated carbocycles. The highest BCUT2D eigenvalue weighted by molar-refractivity contribution is 4.94. The van der Waals surface area contributed by atoms with Gasteiger partial charge < -0.3 is 18.9 Å². The van der Waals surface area contributed by atoms with Gasteiger partial charge in [-0.25, -0.2) is 4.79 Å². The van der Waals surface area contributed by atoms with E-state index in [9.17, 15) is 9.59 Å². The lowest BCUT2D eigenvalue weighted by Gasteiger charge is -2.22. The second-order valence-corrected chi connectivity index (χ2v) is 5.37. The normalized spacial score (nSPS) is 28.4. The van der Waals surface area contributed by atoms with Crippen LogP contribution in [0.25, 0.3) is 0 Å². The molecular weight excluding hydrogens is 292 g/mol. The molecule has 0 aromatic carbocycles. The van der Waals surface area contributed by atoms with Crippen molar-refractivity contribution in [2.24, 2.45) is 0 Å². The summed E-state index contributed by atoms with van der Waals surface area (Å²) in [6.45, 7) is 4.17. The van der Waals surface area contributed by atoms with Gasteiger partial charge in [0.2, 0.25) is 0 Å². The summed E-state index contributed by atoms with van der Waals surface area (Å²) in [5.41, 5.74) is -1.02. The smallest absolute Gasteiger partial charge is 0.330 e. The number of nitrogens with one attached hydrogen (secondary N) is 1. The first kappa shape index (κ1) is 16.9. The van der Waals surface area contributed by atoms with Crippen LogP contribution in [-0.2, 0) is 18.9 Å². The number of ether oxygens (including phenoxy) is 4. The van der Waals surface area contributed by atoms with Crippen LogP contribution in [0.4, 0.5) is 0 Å². The molecule has 124 valence electrons. The van der Waals surface area contributed by atoms with Crippen LogP contribution in [0.5, 0.6) is 0 Å². The molecule has 1 aliphatic heterocycles. The average molecular weight is 314 g/mol. The van der Waals surface area contributed by atoms with Crippen LogP contribution in [-0.4, -0.2) is 54.8 Å². The number of aromatic nitrogens is 2. The molecule has 4 atom stereocenters. The zero-order valence-electron chi connectivity index (χ0n) is 13.1. The fraction of sp³-hybridized carbons (Fsp3) is 0.714. The zero-order valence-corrected chi connectivity index (χ0v) is 13.1. The second kappa shape index (κ2) is 7.19. The predicted octanol–water partition coefficient (Wildman–Crippen LogP) is -0.111. The highest BCUT2D eigenvalue weighted by Gasteiger charge is 2.46. The van der Waals surface area contributed by atoms with E-state index in [-0.39, 0.29) is 18.3 Å². The number of H-pyrrole nitrogens is 1. The lowest BCUT2D eigenvalue weighted by molar-refractivity contribution is -0.0823. The van der Waals surface area contributed by atoms with Crippen molar-refractivity contribution in [1.82, 2.24) is 9.55 Å². The van der Waals surface area contributed by atoms with Crippen molar-refractivity contribution in [1.29, 1.82) is 0 Å². The Morgan fingerprint density at radius 3 is 2.50 bits per heavy atom. The first-order valence-corrected chi connectivity index (χ1v) is 7.12. The summed E-state index contributed by atoms with van der Waals surface area (Å²) in [6.07, 6.45) is -0.504. The van der Waals surface area contributed by atoms with E-state index >= 15 is 0 Å². The lowest BCUT2D eigenvalue weighted by Crippen LogP contribution is -2.39. The molecule has 8 heteroatoms. The van der Waals surface area contributed by atoms with Gasteiger partial charge in [0.15, 0.2) is 6.23 Å². The molecule has 1 fully saturated rings. The summed E-state index contributed by atoms with van der Waals surface area (Å²) < 4.78 is 23.7. The van der Waals surface area contributed by atoms with Crippen LogP contribution in [0.3, 0.4) is 0 Å². The van der Waals surface area contributed by atoms with Gasteiger partial charge in [-0.2, -0.15) is 0 Å². The summed E-state index contributed by atoms with van der Waals surface area (Å²) in [6, 6.07) is 1.26. The quantitative estimate of drug-likeness (QED) is 0.787. The summed E-state index contributed by atoms with van der Waals surface area (Å²) >= 11 is 0. The van der Waals surface area contributed by atoms with E-state index in [1.165, 1.54) is 23.9 Å². The molecular formula is C14H22N2O6. The third kappa shape index (κ3) is 3.46. The third-order valence-corrected chi connectivity index (χ3v) is 3.55. The third-order valence-electron chi connectivity index (χ3n) is 3.55. The van der Waals surface area contributed by atoms with E-state index < -0.39 is 23.6 Å². The number of rotatable bonds is 6. The molecule has 1 aliphatic rings. The van der Waals surface area contributed by atoms with Crippen LogP contribution in [0.1, 0.15) is 20.1 Å². The van der Waals surface area contributed by atoms with Crippen molar-refractivity contribution < 1.29 is 18.9 Å². The number of hydrogen-bond acceptors (Lipinski definition) is 6. The van der Waals surface area contributed by atoms with Crippen LogP contribution >= 0.6 is 0 Å². The van der Waals surface area contributed by atoms with Gasteiger partial charge in [-0.05, 0) is 13.8 Å². The zero-order chi connectivity index (χ0) is 16.3. The van der Waals surface area contributed by atoms with Crippen molar-refractivity contribution in [3.8, 4) is 0 Å². The molecule has 2 unspecified atom stereocenters. The van der Waals surface area contributed by atoms with E-state index in [1.807, 2.05) is 13.8 Å². The average Bonchev–Trinajstić information content (AvgIpc) is 2.82. The second-order valence-electron chi connectivity index (χ2n) is 5.37. The standard InChI is InChI=1S/C14H22N2O6/c1-8(2)21-7-9-11(19-3)12(20-4)13(22-9)16-6-5-10(17)15-14(16)18/h5-6,8-9,11-13H,7H2,1-4H3,(H,15,17,18)/t9-,11?,12?,13-/m1/s1. The number of methoxy groups -OCH3 is 2. The molecule has 1 N–H and O–H groups in total. The SMILES string of the molecule is COC1C(OC)[C@@H](COC(C)C)O[C@H]1n1ccc(=O)[nH]c1=O. The molecule has 0 bridgehead atoms. The minimum atomic E-state index is -0.694.